The molecule has 3 nitrogen and oxygen atoms in total. The molecule has 0 aliphatic rings. The van der Waals surface area contributed by atoms with E-state index >= 15 is 0 Å². The average molecular weight is 222 g/mol. The zero-order chi connectivity index (χ0) is 0. The van der Waals surface area contributed by atoms with E-state index in [2.05, 4.69) is 0 Å². The van der Waals surface area contributed by atoms with Gasteiger partial charge in [-0.3, -0.25) is 0 Å². The van der Waals surface area contributed by atoms with Crippen molar-refractivity contribution in [3.8, 4) is 0 Å². The summed E-state index contributed by atoms with van der Waals surface area (Å²) in [6.07, 6.45) is 0. The Morgan fingerprint density at radius 2 is 0.800 bits per heavy atom. The van der Waals surface area contributed by atoms with Gasteiger partial charge in [0.05, 0.1) is 0 Å². The fourth-order valence-corrected chi connectivity index (χ4v) is 0. The van der Waals surface area contributed by atoms with E-state index in [1.165, 1.54) is 0 Å². The molecule has 0 aliphatic heterocycles. The van der Waals surface area contributed by atoms with E-state index < -0.39 is 0 Å². The zero-order valence-electron chi connectivity index (χ0n) is 2.95. The molecule has 0 fully saturated rings. The molecule has 0 rings (SSSR count). The Hall–Kier alpha value is 2.31. The number of rotatable bonds is 0. The molecule has 0 bridgehead atoms. The SMILES string of the molecule is O.O.[K+].[OH-].[TeH2]. The standard InChI is InChI=1S/K.3H2O.H2Te/h;4*1H2/q+1;;;;/p-1. The summed E-state index contributed by atoms with van der Waals surface area (Å²) in [6, 6.07) is 0. The maximum atomic E-state index is 0. The van der Waals surface area contributed by atoms with Gasteiger partial charge < -0.3 is 16.4 Å². The predicted molar refractivity (Wildman–Crippen MR) is 17.7 cm³/mol. The van der Waals surface area contributed by atoms with Gasteiger partial charge in [-0.25, -0.2) is 0 Å². The average Bonchev–Trinajstić information content (AvgIpc) is 0. The predicted octanol–water partition coefficient (Wildman–Crippen LogP) is -5.74. The Kier molecular flexibility index (Phi) is 365. The van der Waals surface area contributed by atoms with Gasteiger partial charge in [-0.15, -0.1) is 0 Å². The molecule has 0 aromatic carbocycles. The maximum absolute atomic E-state index is 0. The first-order valence-electron chi connectivity index (χ1n) is 0. The molecule has 0 aromatic heterocycles. The molecule has 0 saturated carbocycles. The van der Waals surface area contributed by atoms with Gasteiger partial charge in [-0.05, 0) is 0 Å². The molecule has 0 radical (unpaired) electrons. The summed E-state index contributed by atoms with van der Waals surface area (Å²) in [7, 11) is 0. The quantitative estimate of drug-likeness (QED) is 0.375. The van der Waals surface area contributed by atoms with Crippen LogP contribution >= 0.6 is 0 Å². The van der Waals surface area contributed by atoms with Crippen LogP contribution in [0.3, 0.4) is 0 Å². The molecule has 0 unspecified atom stereocenters. The van der Waals surface area contributed by atoms with Gasteiger partial charge in [0, 0.05) is 0 Å². The molecule has 0 amide bonds. The third-order valence-corrected chi connectivity index (χ3v) is 0. The molecular formula is H7KO3Te. The summed E-state index contributed by atoms with van der Waals surface area (Å²) in [4.78, 5) is 0. The van der Waals surface area contributed by atoms with Crippen molar-refractivity contribution in [3.05, 3.63) is 0 Å². The van der Waals surface area contributed by atoms with E-state index in [4.69, 9.17) is 0 Å². The van der Waals surface area contributed by atoms with E-state index in [1.807, 2.05) is 0 Å². The molecule has 5 heavy (non-hydrogen) atoms. The first-order chi connectivity index (χ1) is 0. The van der Waals surface area contributed by atoms with E-state index in [-0.39, 0.29) is 91.5 Å². The molecule has 5 heteroatoms. The van der Waals surface area contributed by atoms with Crippen LogP contribution < -0.4 is 51.4 Å². The number of hydrogen-bond acceptors (Lipinski definition) is 1. The molecule has 0 heterocycles. The van der Waals surface area contributed by atoms with Gasteiger partial charge in [0.2, 0.25) is 0 Å². The van der Waals surface area contributed by atoms with Crippen molar-refractivity contribution in [2.45, 2.75) is 0 Å². The second-order valence-corrected chi connectivity index (χ2v) is 0. The molecule has 0 aliphatic carbocycles. The van der Waals surface area contributed by atoms with Crippen molar-refractivity contribution < 1.29 is 67.8 Å². The van der Waals surface area contributed by atoms with Gasteiger partial charge >= 0.3 is 75.1 Å². The third kappa shape index (κ3) is 22.0. The normalized spacial score (nSPS) is 0. The Labute approximate surface area is 89.6 Å². The van der Waals surface area contributed by atoms with Crippen LogP contribution in [0.5, 0.6) is 0 Å². The summed E-state index contributed by atoms with van der Waals surface area (Å²) >= 11 is 0. The summed E-state index contributed by atoms with van der Waals surface area (Å²) in [5.41, 5.74) is 0. The van der Waals surface area contributed by atoms with Crippen molar-refractivity contribution in [1.29, 1.82) is 0 Å². The van der Waals surface area contributed by atoms with Gasteiger partial charge in [0.15, 0.2) is 0 Å². The van der Waals surface area contributed by atoms with Crippen LogP contribution in [0, 0.1) is 0 Å². The minimum absolute atomic E-state index is 0. The molecule has 0 atom stereocenters. The molecule has 32 valence electrons. The van der Waals surface area contributed by atoms with Crippen molar-refractivity contribution >= 4 is 23.7 Å². The Morgan fingerprint density at radius 1 is 0.800 bits per heavy atom. The fourth-order valence-electron chi connectivity index (χ4n) is 0. The van der Waals surface area contributed by atoms with Crippen molar-refractivity contribution in [1.82, 2.24) is 0 Å². The first kappa shape index (κ1) is 54.6. The van der Waals surface area contributed by atoms with Gasteiger partial charge in [0.1, 0.15) is 0 Å². The van der Waals surface area contributed by atoms with Crippen LogP contribution in [0.1, 0.15) is 0 Å². The van der Waals surface area contributed by atoms with Crippen LogP contribution in [-0.2, 0) is 0 Å². The Balaban J connectivity index is 0. The third-order valence-electron chi connectivity index (χ3n) is 0. The summed E-state index contributed by atoms with van der Waals surface area (Å²) < 4.78 is 0. The Bertz CT molecular complexity index is 6.85. The van der Waals surface area contributed by atoms with Gasteiger partial charge in [0.25, 0.3) is 0 Å². The second kappa shape index (κ2) is 33.4. The summed E-state index contributed by atoms with van der Waals surface area (Å²) in [6.45, 7) is 0. The Morgan fingerprint density at radius 3 is 0.800 bits per heavy atom. The molecule has 0 aromatic rings. The summed E-state index contributed by atoms with van der Waals surface area (Å²) in [5, 5.41) is 0. The van der Waals surface area contributed by atoms with Crippen LogP contribution in [-0.4, -0.2) is 40.1 Å². The van der Waals surface area contributed by atoms with Crippen LogP contribution in [0.4, 0.5) is 0 Å². The van der Waals surface area contributed by atoms with Crippen LogP contribution in [0.2, 0.25) is 0 Å². The fraction of sp³-hybridized carbons (Fsp3) is 0. The van der Waals surface area contributed by atoms with Crippen molar-refractivity contribution in [3.63, 3.8) is 0 Å². The molecule has 0 saturated heterocycles. The van der Waals surface area contributed by atoms with Gasteiger partial charge in [-0.2, -0.15) is 0 Å². The van der Waals surface area contributed by atoms with E-state index in [9.17, 15) is 0 Å². The van der Waals surface area contributed by atoms with E-state index in [0.29, 0.717) is 0 Å². The van der Waals surface area contributed by atoms with Crippen molar-refractivity contribution in [2.24, 2.45) is 0 Å². The van der Waals surface area contributed by atoms with Crippen LogP contribution in [0.25, 0.3) is 0 Å². The summed E-state index contributed by atoms with van der Waals surface area (Å²) in [5.74, 6) is 0. The monoisotopic (exact) mass is 224 g/mol. The second-order valence-electron chi connectivity index (χ2n) is 0. The molecule has 5 N–H and O–H groups in total. The van der Waals surface area contributed by atoms with E-state index in [0.717, 1.165) is 0 Å². The van der Waals surface area contributed by atoms with E-state index in [1.54, 1.807) is 0 Å². The molecule has 0 spiro atoms. The van der Waals surface area contributed by atoms with Crippen LogP contribution in [0.15, 0.2) is 0 Å². The molecular weight excluding hydrogens is 215 g/mol. The topological polar surface area (TPSA) is 93.0 Å². The van der Waals surface area contributed by atoms with Gasteiger partial charge in [-0.1, -0.05) is 0 Å². The zero-order valence-corrected chi connectivity index (χ0v) is 8.92. The first-order valence-corrected chi connectivity index (χ1v) is 0. The number of hydrogen-bond donors (Lipinski definition) is 0. The van der Waals surface area contributed by atoms with Crippen molar-refractivity contribution in [2.75, 3.05) is 0 Å². The minimum atomic E-state index is 0.